The van der Waals surface area contributed by atoms with Crippen LogP contribution < -0.4 is 5.32 Å². The summed E-state index contributed by atoms with van der Waals surface area (Å²) in [7, 11) is -0.861. The van der Waals surface area contributed by atoms with E-state index in [1.165, 1.54) is 6.07 Å². The highest BCUT2D eigenvalue weighted by Gasteiger charge is 2.06. The molecule has 2 nitrogen and oxygen atoms in total. The highest BCUT2D eigenvalue weighted by Crippen LogP contribution is 2.20. The van der Waals surface area contributed by atoms with Gasteiger partial charge in [0.2, 0.25) is 0 Å². The van der Waals surface area contributed by atoms with E-state index in [9.17, 15) is 8.60 Å². The fraction of sp³-hybridized carbons (Fsp3) is 0.250. The molecule has 1 N–H and O–H groups in total. The van der Waals surface area contributed by atoms with Crippen molar-refractivity contribution in [2.75, 3.05) is 18.1 Å². The quantitative estimate of drug-likeness (QED) is 0.869. The lowest BCUT2D eigenvalue weighted by Crippen LogP contribution is -2.07. The van der Waals surface area contributed by atoms with Crippen LogP contribution in [0.5, 0.6) is 0 Å². The molecule has 2 rings (SSSR count). The Bertz CT molecular complexity index is 628. The van der Waals surface area contributed by atoms with Crippen molar-refractivity contribution in [1.82, 2.24) is 0 Å². The summed E-state index contributed by atoms with van der Waals surface area (Å²) in [5.41, 5.74) is 2.48. The maximum atomic E-state index is 13.6. The largest absolute Gasteiger partial charge is 0.385 e. The Morgan fingerprint density at radius 1 is 1.24 bits per heavy atom. The van der Waals surface area contributed by atoms with E-state index in [2.05, 4.69) is 5.32 Å². The van der Waals surface area contributed by atoms with E-state index in [1.54, 1.807) is 18.4 Å². The van der Waals surface area contributed by atoms with E-state index in [-0.39, 0.29) is 5.82 Å². The van der Waals surface area contributed by atoms with Crippen LogP contribution in [0.3, 0.4) is 0 Å². The van der Waals surface area contributed by atoms with Crippen LogP contribution in [0.25, 0.3) is 0 Å². The molecule has 0 aromatic heterocycles. The average molecular weight is 326 g/mol. The van der Waals surface area contributed by atoms with Crippen molar-refractivity contribution in [1.29, 1.82) is 0 Å². The maximum absolute atomic E-state index is 13.6. The van der Waals surface area contributed by atoms with Crippen LogP contribution in [0.2, 0.25) is 5.02 Å². The molecule has 2 aromatic carbocycles. The first-order valence-electron chi connectivity index (χ1n) is 6.62. The third kappa shape index (κ3) is 4.83. The Morgan fingerprint density at radius 3 is 2.71 bits per heavy atom. The first-order chi connectivity index (χ1) is 10.1. The maximum Gasteiger partial charge on any atom is 0.127 e. The lowest BCUT2D eigenvalue weighted by Gasteiger charge is -2.09. The molecule has 112 valence electrons. The van der Waals surface area contributed by atoms with Gasteiger partial charge in [0.15, 0.2) is 0 Å². The molecule has 0 aliphatic rings. The molecule has 0 spiro atoms. The average Bonchev–Trinajstić information content (AvgIpc) is 2.42. The summed E-state index contributed by atoms with van der Waals surface area (Å²) >= 11 is 5.99. The Morgan fingerprint density at radius 2 is 2.00 bits per heavy atom. The third-order valence-corrected chi connectivity index (χ3v) is 4.16. The SMILES string of the molecule is CS(=O)Cc1cccc(NCCc2c(F)cccc2Cl)c1. The molecule has 0 radical (unpaired) electrons. The van der Waals surface area contributed by atoms with E-state index >= 15 is 0 Å². The van der Waals surface area contributed by atoms with Crippen molar-refractivity contribution in [2.24, 2.45) is 0 Å². The van der Waals surface area contributed by atoms with Gasteiger partial charge in [-0.2, -0.15) is 0 Å². The van der Waals surface area contributed by atoms with Crippen LogP contribution in [0.4, 0.5) is 10.1 Å². The minimum absolute atomic E-state index is 0.278. The predicted molar refractivity (Wildman–Crippen MR) is 87.8 cm³/mol. The molecule has 2 aromatic rings. The lowest BCUT2D eigenvalue weighted by molar-refractivity contribution is 0.611. The molecular weight excluding hydrogens is 309 g/mol. The van der Waals surface area contributed by atoms with Crippen LogP contribution in [0.15, 0.2) is 42.5 Å². The zero-order valence-electron chi connectivity index (χ0n) is 11.7. The van der Waals surface area contributed by atoms with Crippen molar-refractivity contribution in [3.05, 3.63) is 64.4 Å². The summed E-state index contributed by atoms with van der Waals surface area (Å²) in [5, 5.41) is 3.69. The molecular formula is C16H17ClFNOS. The van der Waals surface area contributed by atoms with Crippen molar-refractivity contribution < 1.29 is 8.60 Å². The van der Waals surface area contributed by atoms with Gasteiger partial charge in [-0.15, -0.1) is 0 Å². The van der Waals surface area contributed by atoms with Crippen LogP contribution in [-0.2, 0) is 23.0 Å². The molecule has 0 fully saturated rings. The first-order valence-corrected chi connectivity index (χ1v) is 8.72. The number of rotatable bonds is 6. The summed E-state index contributed by atoms with van der Waals surface area (Å²) in [5.74, 6) is 0.258. The summed E-state index contributed by atoms with van der Waals surface area (Å²) < 4.78 is 24.9. The monoisotopic (exact) mass is 325 g/mol. The normalized spacial score (nSPS) is 12.1. The molecule has 0 aliphatic heterocycles. The van der Waals surface area contributed by atoms with Crippen LogP contribution in [0.1, 0.15) is 11.1 Å². The predicted octanol–water partition coefficient (Wildman–Crippen LogP) is 4.01. The van der Waals surface area contributed by atoms with Crippen molar-refractivity contribution >= 4 is 28.1 Å². The minimum atomic E-state index is -0.861. The second-order valence-electron chi connectivity index (χ2n) is 4.79. The van der Waals surface area contributed by atoms with Crippen LogP contribution in [0, 0.1) is 5.82 Å². The molecule has 0 aliphatic carbocycles. The van der Waals surface area contributed by atoms with Gasteiger partial charge < -0.3 is 5.32 Å². The third-order valence-electron chi connectivity index (χ3n) is 3.06. The Hall–Kier alpha value is -1.39. The minimum Gasteiger partial charge on any atom is -0.385 e. The summed E-state index contributed by atoms with van der Waals surface area (Å²) in [6.45, 7) is 0.583. The fourth-order valence-corrected chi connectivity index (χ4v) is 3.02. The molecule has 0 heterocycles. The van der Waals surface area contributed by atoms with E-state index in [0.717, 1.165) is 11.3 Å². The molecule has 1 atom stereocenters. The number of halogens is 2. The zero-order valence-corrected chi connectivity index (χ0v) is 13.3. The molecule has 0 saturated heterocycles. The van der Waals surface area contributed by atoms with Gasteiger partial charge in [-0.25, -0.2) is 4.39 Å². The number of hydrogen-bond donors (Lipinski definition) is 1. The molecule has 0 saturated carbocycles. The zero-order chi connectivity index (χ0) is 15.2. The van der Waals surface area contributed by atoms with Gasteiger partial charge in [0.05, 0.1) is 0 Å². The van der Waals surface area contributed by atoms with Gasteiger partial charge in [0.25, 0.3) is 0 Å². The molecule has 1 unspecified atom stereocenters. The summed E-state index contributed by atoms with van der Waals surface area (Å²) in [6.07, 6.45) is 2.19. The Balaban J connectivity index is 1.96. The van der Waals surface area contributed by atoms with Gasteiger partial charge in [0, 0.05) is 45.6 Å². The van der Waals surface area contributed by atoms with Crippen molar-refractivity contribution in [2.45, 2.75) is 12.2 Å². The first kappa shape index (κ1) is 16.0. The van der Waals surface area contributed by atoms with Crippen LogP contribution >= 0.6 is 11.6 Å². The van der Waals surface area contributed by atoms with Crippen molar-refractivity contribution in [3.8, 4) is 0 Å². The fourth-order valence-electron chi connectivity index (χ4n) is 2.11. The summed E-state index contributed by atoms with van der Waals surface area (Å²) in [6, 6.07) is 12.5. The molecule has 0 bridgehead atoms. The molecule has 5 heteroatoms. The highest BCUT2D eigenvalue weighted by atomic mass is 35.5. The highest BCUT2D eigenvalue weighted by molar-refractivity contribution is 7.83. The van der Waals surface area contributed by atoms with E-state index in [4.69, 9.17) is 11.6 Å². The van der Waals surface area contributed by atoms with Gasteiger partial charge in [-0.05, 0) is 36.2 Å². The van der Waals surface area contributed by atoms with Gasteiger partial charge in [-0.3, -0.25) is 4.21 Å². The number of nitrogens with one attached hydrogen (secondary N) is 1. The lowest BCUT2D eigenvalue weighted by atomic mass is 10.1. The van der Waals surface area contributed by atoms with Crippen molar-refractivity contribution in [3.63, 3.8) is 0 Å². The van der Waals surface area contributed by atoms with Crippen LogP contribution in [-0.4, -0.2) is 17.0 Å². The van der Waals surface area contributed by atoms with Gasteiger partial charge >= 0.3 is 0 Å². The second kappa shape index (κ2) is 7.57. The smallest absolute Gasteiger partial charge is 0.127 e. The Kier molecular flexibility index (Phi) is 5.76. The van der Waals surface area contributed by atoms with Gasteiger partial charge in [0.1, 0.15) is 5.82 Å². The number of hydrogen-bond acceptors (Lipinski definition) is 2. The topological polar surface area (TPSA) is 29.1 Å². The number of anilines is 1. The van der Waals surface area contributed by atoms with Gasteiger partial charge in [-0.1, -0.05) is 29.8 Å². The van der Waals surface area contributed by atoms with E-state index in [1.807, 2.05) is 24.3 Å². The number of benzene rings is 2. The molecule has 21 heavy (non-hydrogen) atoms. The second-order valence-corrected chi connectivity index (χ2v) is 6.64. The standard InChI is InChI=1S/C16H17ClFNOS/c1-21(20)11-12-4-2-5-13(10-12)19-9-8-14-15(17)6-3-7-16(14)18/h2-7,10,19H,8-9,11H2,1H3. The summed E-state index contributed by atoms with van der Waals surface area (Å²) in [4.78, 5) is 0. The van der Waals surface area contributed by atoms with E-state index in [0.29, 0.717) is 29.3 Å². The molecule has 0 amide bonds. The van der Waals surface area contributed by atoms with E-state index < -0.39 is 10.8 Å². The Labute approximate surface area is 131 Å².